The molecule has 1 aromatic carbocycles. The summed E-state index contributed by atoms with van der Waals surface area (Å²) in [5, 5.41) is 0. The van der Waals surface area contributed by atoms with Gasteiger partial charge < -0.3 is 4.74 Å². The predicted octanol–water partition coefficient (Wildman–Crippen LogP) is 3.31. The van der Waals surface area contributed by atoms with Crippen molar-refractivity contribution in [3.63, 3.8) is 0 Å². The predicted molar refractivity (Wildman–Crippen MR) is 85.4 cm³/mol. The van der Waals surface area contributed by atoms with Crippen molar-refractivity contribution in [2.75, 3.05) is 7.11 Å². The van der Waals surface area contributed by atoms with E-state index in [2.05, 4.69) is 37.5 Å². The van der Waals surface area contributed by atoms with Crippen LogP contribution in [-0.2, 0) is 5.88 Å². The van der Waals surface area contributed by atoms with E-state index in [1.165, 1.54) is 25.6 Å². The molecule has 0 fully saturated rings. The number of benzene rings is 1. The summed E-state index contributed by atoms with van der Waals surface area (Å²) in [6, 6.07) is 4.50. The van der Waals surface area contributed by atoms with Gasteiger partial charge in [0.05, 0.1) is 18.7 Å². The second kappa shape index (κ2) is 5.72. The fraction of sp³-hybridized carbons (Fsp3) is 0.154. The lowest BCUT2D eigenvalue weighted by molar-refractivity contribution is 0.401. The maximum atomic E-state index is 13.3. The van der Waals surface area contributed by atoms with E-state index in [1.54, 1.807) is 10.6 Å². The first-order valence-electron chi connectivity index (χ1n) is 5.93. The smallest absolute Gasteiger partial charge is 0.245 e. The first-order chi connectivity index (χ1) is 10.2. The molecule has 0 atom stereocenters. The average Bonchev–Trinajstić information content (AvgIpc) is 2.85. The number of rotatable bonds is 3. The Labute approximate surface area is 138 Å². The fourth-order valence-corrected chi connectivity index (χ4v) is 2.97. The lowest BCUT2D eigenvalue weighted by atomic mass is 10.3. The van der Waals surface area contributed by atoms with Crippen LogP contribution in [0.4, 0.5) is 4.39 Å². The van der Waals surface area contributed by atoms with Gasteiger partial charge in [0, 0.05) is 3.57 Å². The summed E-state index contributed by atoms with van der Waals surface area (Å²) in [4.78, 5) is 12.7. The molecule has 2 heterocycles. The minimum atomic E-state index is -0.299. The number of imidazole rings is 1. The van der Waals surface area contributed by atoms with E-state index in [0.717, 1.165) is 9.26 Å². The van der Waals surface area contributed by atoms with Crippen LogP contribution in [0.2, 0.25) is 0 Å². The number of nitrogens with zero attached hydrogens (tertiary/aromatic N) is 4. The fourth-order valence-electron chi connectivity index (χ4n) is 2.07. The number of methoxy groups -OCH3 is 1. The molecule has 0 N–H and O–H groups in total. The molecule has 0 aliphatic rings. The van der Waals surface area contributed by atoms with Crippen LogP contribution in [0.3, 0.4) is 0 Å². The largest absolute Gasteiger partial charge is 0.479 e. The van der Waals surface area contributed by atoms with Gasteiger partial charge >= 0.3 is 0 Å². The van der Waals surface area contributed by atoms with Crippen LogP contribution in [0.1, 0.15) is 5.82 Å². The Morgan fingerprint density at radius 3 is 2.86 bits per heavy atom. The third-order valence-corrected chi connectivity index (χ3v) is 4.05. The number of hydrogen-bond donors (Lipinski definition) is 0. The Kier molecular flexibility index (Phi) is 3.94. The van der Waals surface area contributed by atoms with Crippen LogP contribution in [0.15, 0.2) is 24.5 Å². The van der Waals surface area contributed by atoms with Crippen molar-refractivity contribution in [1.82, 2.24) is 19.5 Å². The van der Waals surface area contributed by atoms with Gasteiger partial charge in [-0.1, -0.05) is 0 Å². The number of alkyl halides is 1. The Morgan fingerprint density at radius 1 is 1.38 bits per heavy atom. The average molecular weight is 419 g/mol. The van der Waals surface area contributed by atoms with Crippen molar-refractivity contribution in [3.05, 3.63) is 39.7 Å². The van der Waals surface area contributed by atoms with Crippen LogP contribution in [0.25, 0.3) is 16.9 Å². The molecule has 3 aromatic rings. The molecule has 0 radical (unpaired) electrons. The number of hydrogen-bond acceptors (Lipinski definition) is 4. The van der Waals surface area contributed by atoms with E-state index in [1.807, 2.05) is 0 Å². The minimum Gasteiger partial charge on any atom is -0.479 e. The van der Waals surface area contributed by atoms with E-state index in [4.69, 9.17) is 16.3 Å². The lowest BCUT2D eigenvalue weighted by Gasteiger charge is -2.09. The Hall–Kier alpha value is -1.48. The van der Waals surface area contributed by atoms with Crippen molar-refractivity contribution in [2.24, 2.45) is 0 Å². The van der Waals surface area contributed by atoms with Gasteiger partial charge in [-0.2, -0.15) is 4.98 Å². The highest BCUT2D eigenvalue weighted by molar-refractivity contribution is 14.1. The van der Waals surface area contributed by atoms with Gasteiger partial charge in [-0.25, -0.2) is 14.4 Å². The number of fused-ring (bicyclic) bond motifs is 1. The number of aromatic nitrogens is 4. The maximum Gasteiger partial charge on any atom is 0.245 e. The molecule has 21 heavy (non-hydrogen) atoms. The molecular weight excluding hydrogens is 410 g/mol. The standard InChI is InChI=1S/C13H9ClFIN4O/c1-21-13-11-12(17-6-18-13)20(10(5-14)19-11)9-3-2-7(15)4-8(9)16/h2-4,6H,5H2,1H3. The molecule has 0 amide bonds. The zero-order valence-corrected chi connectivity index (χ0v) is 13.8. The number of halogens is 3. The normalized spacial score (nSPS) is 11.0. The topological polar surface area (TPSA) is 52.8 Å². The molecule has 0 aliphatic carbocycles. The first kappa shape index (κ1) is 14.5. The summed E-state index contributed by atoms with van der Waals surface area (Å²) in [7, 11) is 1.52. The van der Waals surface area contributed by atoms with Crippen LogP contribution in [0.5, 0.6) is 5.88 Å². The summed E-state index contributed by atoms with van der Waals surface area (Å²) in [5.74, 6) is 0.858. The molecule has 0 bridgehead atoms. The van der Waals surface area contributed by atoms with E-state index in [9.17, 15) is 4.39 Å². The molecule has 8 heteroatoms. The van der Waals surface area contributed by atoms with Gasteiger partial charge in [0.1, 0.15) is 18.0 Å². The molecule has 0 unspecified atom stereocenters. The SMILES string of the molecule is COc1ncnc2c1nc(CCl)n2-c1ccc(F)cc1I. The highest BCUT2D eigenvalue weighted by atomic mass is 127. The van der Waals surface area contributed by atoms with Crippen LogP contribution in [-0.4, -0.2) is 26.6 Å². The van der Waals surface area contributed by atoms with Gasteiger partial charge in [-0.15, -0.1) is 11.6 Å². The van der Waals surface area contributed by atoms with Gasteiger partial charge in [-0.3, -0.25) is 4.57 Å². The lowest BCUT2D eigenvalue weighted by Crippen LogP contribution is -2.03. The quantitative estimate of drug-likeness (QED) is 0.484. The third kappa shape index (κ3) is 2.44. The molecule has 5 nitrogen and oxygen atoms in total. The second-order valence-electron chi connectivity index (χ2n) is 4.15. The summed E-state index contributed by atoms with van der Waals surface area (Å²) >= 11 is 8.05. The Balaban J connectivity index is 2.35. The van der Waals surface area contributed by atoms with E-state index in [-0.39, 0.29) is 11.7 Å². The summed E-state index contributed by atoms with van der Waals surface area (Å²) in [5.41, 5.74) is 1.86. The van der Waals surface area contributed by atoms with Crippen LogP contribution < -0.4 is 4.74 Å². The molecular formula is C13H9ClFIN4O. The van der Waals surface area contributed by atoms with Gasteiger partial charge in [-0.05, 0) is 40.8 Å². The van der Waals surface area contributed by atoms with Gasteiger partial charge in [0.2, 0.25) is 5.88 Å². The zero-order chi connectivity index (χ0) is 15.0. The van der Waals surface area contributed by atoms with E-state index in [0.29, 0.717) is 22.9 Å². The van der Waals surface area contributed by atoms with E-state index < -0.39 is 0 Å². The molecule has 3 rings (SSSR count). The van der Waals surface area contributed by atoms with Crippen LogP contribution >= 0.6 is 34.2 Å². The highest BCUT2D eigenvalue weighted by Crippen LogP contribution is 2.28. The van der Waals surface area contributed by atoms with Crippen molar-refractivity contribution in [2.45, 2.75) is 5.88 Å². The molecule has 0 spiro atoms. The van der Waals surface area contributed by atoms with Gasteiger partial charge in [0.25, 0.3) is 0 Å². The van der Waals surface area contributed by atoms with E-state index >= 15 is 0 Å². The minimum absolute atomic E-state index is 0.187. The molecule has 0 saturated heterocycles. The van der Waals surface area contributed by atoms with Crippen molar-refractivity contribution >= 4 is 45.4 Å². The molecule has 2 aromatic heterocycles. The summed E-state index contributed by atoms with van der Waals surface area (Å²) in [6.45, 7) is 0. The highest BCUT2D eigenvalue weighted by Gasteiger charge is 2.18. The summed E-state index contributed by atoms with van der Waals surface area (Å²) < 4.78 is 21.0. The molecule has 108 valence electrons. The Morgan fingerprint density at radius 2 is 2.19 bits per heavy atom. The van der Waals surface area contributed by atoms with Crippen LogP contribution in [0, 0.1) is 9.39 Å². The number of ether oxygens (including phenoxy) is 1. The monoisotopic (exact) mass is 418 g/mol. The van der Waals surface area contributed by atoms with Gasteiger partial charge in [0.15, 0.2) is 11.2 Å². The molecule has 0 saturated carbocycles. The Bertz CT molecular complexity index is 823. The zero-order valence-electron chi connectivity index (χ0n) is 10.8. The molecule has 0 aliphatic heterocycles. The first-order valence-corrected chi connectivity index (χ1v) is 7.54. The third-order valence-electron chi connectivity index (χ3n) is 2.94. The van der Waals surface area contributed by atoms with Crippen molar-refractivity contribution < 1.29 is 9.13 Å². The maximum absolute atomic E-state index is 13.3. The van der Waals surface area contributed by atoms with Crippen molar-refractivity contribution in [3.8, 4) is 11.6 Å². The van der Waals surface area contributed by atoms with Crippen molar-refractivity contribution in [1.29, 1.82) is 0 Å². The summed E-state index contributed by atoms with van der Waals surface area (Å²) in [6.07, 6.45) is 1.40. The second-order valence-corrected chi connectivity index (χ2v) is 5.58.